The smallest absolute Gasteiger partial charge is 0.352 e. The van der Waals surface area contributed by atoms with E-state index in [1.165, 1.54) is 6.07 Å². The minimum absolute atomic E-state index is 0.0552. The summed E-state index contributed by atoms with van der Waals surface area (Å²) in [5, 5.41) is 2.59. The van der Waals surface area contributed by atoms with Crippen molar-refractivity contribution in [2.45, 2.75) is 46.0 Å². The molecule has 0 aliphatic heterocycles. The van der Waals surface area contributed by atoms with Gasteiger partial charge in [0.15, 0.2) is 0 Å². The van der Waals surface area contributed by atoms with Crippen LogP contribution in [0, 0.1) is 5.41 Å². The van der Waals surface area contributed by atoms with Crippen LogP contribution in [0.15, 0.2) is 24.3 Å². The van der Waals surface area contributed by atoms with Crippen LogP contribution in [-0.4, -0.2) is 11.9 Å². The van der Waals surface area contributed by atoms with Gasteiger partial charge in [-0.05, 0) is 23.1 Å². The maximum atomic E-state index is 12.6. The van der Waals surface area contributed by atoms with Crippen molar-refractivity contribution in [3.63, 3.8) is 0 Å². The molecule has 0 bridgehead atoms. The van der Waals surface area contributed by atoms with E-state index in [1.807, 2.05) is 20.8 Å². The lowest BCUT2D eigenvalue weighted by Gasteiger charge is -2.26. The summed E-state index contributed by atoms with van der Waals surface area (Å²) < 4.78 is 37.7. The van der Waals surface area contributed by atoms with Crippen molar-refractivity contribution in [2.75, 3.05) is 0 Å². The molecule has 21 heavy (non-hydrogen) atoms. The average Bonchev–Trinajstić information content (AvgIpc) is 2.34. The first-order valence-corrected chi connectivity index (χ1v) is 6.68. The van der Waals surface area contributed by atoms with Crippen molar-refractivity contribution in [2.24, 2.45) is 11.1 Å². The Balaban J connectivity index is 2.58. The fourth-order valence-electron chi connectivity index (χ4n) is 1.64. The van der Waals surface area contributed by atoms with Crippen LogP contribution in [0.2, 0.25) is 0 Å². The summed E-state index contributed by atoms with van der Waals surface area (Å²) in [6, 6.07) is 4.59. The van der Waals surface area contributed by atoms with E-state index in [-0.39, 0.29) is 30.3 Å². The summed E-state index contributed by atoms with van der Waals surface area (Å²) in [5.41, 5.74) is 5.37. The van der Waals surface area contributed by atoms with E-state index in [2.05, 4.69) is 5.32 Å². The highest BCUT2D eigenvalue weighted by atomic mass is 19.4. The number of carbonyl (C=O) groups excluding carboxylic acids is 1. The molecule has 1 aromatic rings. The van der Waals surface area contributed by atoms with Gasteiger partial charge in [0.1, 0.15) is 0 Å². The normalized spacial score (nSPS) is 13.9. The predicted molar refractivity (Wildman–Crippen MR) is 75.3 cm³/mol. The summed E-state index contributed by atoms with van der Waals surface area (Å²) in [6.07, 6.45) is -4.24. The number of halogens is 3. The van der Waals surface area contributed by atoms with E-state index < -0.39 is 11.7 Å². The van der Waals surface area contributed by atoms with Crippen molar-refractivity contribution >= 4 is 5.91 Å². The van der Waals surface area contributed by atoms with E-state index in [0.29, 0.717) is 5.56 Å². The van der Waals surface area contributed by atoms with Crippen LogP contribution in [0.3, 0.4) is 0 Å². The molecule has 6 heteroatoms. The zero-order valence-electron chi connectivity index (χ0n) is 12.4. The van der Waals surface area contributed by atoms with Gasteiger partial charge in [0.25, 0.3) is 0 Å². The van der Waals surface area contributed by atoms with E-state index in [0.717, 1.165) is 12.1 Å². The Kier molecular flexibility index (Phi) is 5.39. The number of benzene rings is 1. The van der Waals surface area contributed by atoms with Crippen LogP contribution < -0.4 is 11.1 Å². The first-order chi connectivity index (χ1) is 9.50. The van der Waals surface area contributed by atoms with Crippen LogP contribution in [-0.2, 0) is 17.5 Å². The zero-order chi connectivity index (χ0) is 16.3. The van der Waals surface area contributed by atoms with Crippen molar-refractivity contribution in [3.05, 3.63) is 35.4 Å². The van der Waals surface area contributed by atoms with Crippen LogP contribution in [0.4, 0.5) is 13.2 Å². The molecule has 0 heterocycles. The Morgan fingerprint density at radius 2 is 1.90 bits per heavy atom. The molecule has 0 aliphatic rings. The van der Waals surface area contributed by atoms with Gasteiger partial charge >= 0.3 is 6.18 Å². The molecule has 3 nitrogen and oxygen atoms in total. The van der Waals surface area contributed by atoms with Gasteiger partial charge < -0.3 is 11.1 Å². The van der Waals surface area contributed by atoms with Gasteiger partial charge in [0, 0.05) is 19.0 Å². The molecule has 0 aliphatic carbocycles. The lowest BCUT2D eigenvalue weighted by atomic mass is 9.85. The monoisotopic (exact) mass is 302 g/mol. The van der Waals surface area contributed by atoms with E-state index >= 15 is 0 Å². The van der Waals surface area contributed by atoms with Gasteiger partial charge in [-0.3, -0.25) is 4.79 Å². The largest absolute Gasteiger partial charge is 0.416 e. The summed E-state index contributed by atoms with van der Waals surface area (Å²) in [6.45, 7) is 5.84. The van der Waals surface area contributed by atoms with Gasteiger partial charge in [-0.1, -0.05) is 32.9 Å². The topological polar surface area (TPSA) is 55.1 Å². The van der Waals surface area contributed by atoms with Crippen molar-refractivity contribution in [3.8, 4) is 0 Å². The van der Waals surface area contributed by atoms with Crippen LogP contribution in [0.5, 0.6) is 0 Å². The van der Waals surface area contributed by atoms with Gasteiger partial charge in [0.05, 0.1) is 5.56 Å². The van der Waals surface area contributed by atoms with Crippen molar-refractivity contribution in [1.29, 1.82) is 0 Å². The minimum Gasteiger partial charge on any atom is -0.352 e. The standard InChI is InChI=1S/C15H21F3N2O/c1-14(2,3)12(19)8-13(21)20-9-10-5-4-6-11(7-10)15(16,17)18/h4-7,12H,8-9,19H2,1-3H3,(H,20,21). The SMILES string of the molecule is CC(C)(C)C(N)CC(=O)NCc1cccc(C(F)(F)F)c1. The molecule has 0 radical (unpaired) electrons. The van der Waals surface area contributed by atoms with Gasteiger partial charge in [-0.25, -0.2) is 0 Å². The fraction of sp³-hybridized carbons (Fsp3) is 0.533. The number of hydrogen-bond donors (Lipinski definition) is 2. The van der Waals surface area contributed by atoms with E-state index in [4.69, 9.17) is 5.73 Å². The lowest BCUT2D eigenvalue weighted by Crippen LogP contribution is -2.40. The molecule has 1 amide bonds. The number of carbonyl (C=O) groups is 1. The Morgan fingerprint density at radius 3 is 2.43 bits per heavy atom. The van der Waals surface area contributed by atoms with Gasteiger partial charge in [0.2, 0.25) is 5.91 Å². The molecule has 0 saturated carbocycles. The van der Waals surface area contributed by atoms with Crippen molar-refractivity contribution in [1.82, 2.24) is 5.32 Å². The van der Waals surface area contributed by atoms with E-state index in [9.17, 15) is 18.0 Å². The molecule has 0 spiro atoms. The second-order valence-corrected chi connectivity index (χ2v) is 6.15. The summed E-state index contributed by atoms with van der Waals surface area (Å²) in [7, 11) is 0. The molecule has 1 aromatic carbocycles. The summed E-state index contributed by atoms with van der Waals surface area (Å²) >= 11 is 0. The maximum Gasteiger partial charge on any atom is 0.416 e. The number of nitrogens with two attached hydrogens (primary N) is 1. The summed E-state index contributed by atoms with van der Waals surface area (Å²) in [5.74, 6) is -0.269. The first-order valence-electron chi connectivity index (χ1n) is 6.68. The van der Waals surface area contributed by atoms with Crippen molar-refractivity contribution < 1.29 is 18.0 Å². The molecular weight excluding hydrogens is 281 g/mol. The Morgan fingerprint density at radius 1 is 1.29 bits per heavy atom. The zero-order valence-corrected chi connectivity index (χ0v) is 12.4. The third-order valence-electron chi connectivity index (χ3n) is 3.26. The number of amides is 1. The molecular formula is C15H21F3N2O. The predicted octanol–water partition coefficient (Wildman–Crippen LogP) is 3.09. The molecule has 0 saturated heterocycles. The van der Waals surface area contributed by atoms with Gasteiger partial charge in [-0.15, -0.1) is 0 Å². The average molecular weight is 302 g/mol. The molecule has 1 unspecified atom stereocenters. The Labute approximate surface area is 122 Å². The Hall–Kier alpha value is -1.56. The quantitative estimate of drug-likeness (QED) is 0.898. The number of alkyl halides is 3. The minimum atomic E-state index is -4.38. The third kappa shape index (κ3) is 5.75. The van der Waals surface area contributed by atoms with Crippen LogP contribution >= 0.6 is 0 Å². The second kappa shape index (κ2) is 6.47. The van der Waals surface area contributed by atoms with E-state index in [1.54, 1.807) is 6.07 Å². The lowest BCUT2D eigenvalue weighted by molar-refractivity contribution is -0.137. The number of rotatable bonds is 4. The molecule has 0 fully saturated rings. The maximum absolute atomic E-state index is 12.6. The van der Waals surface area contributed by atoms with Crippen LogP contribution in [0.1, 0.15) is 38.3 Å². The molecule has 1 atom stereocenters. The first kappa shape index (κ1) is 17.5. The van der Waals surface area contributed by atoms with Crippen LogP contribution in [0.25, 0.3) is 0 Å². The van der Waals surface area contributed by atoms with Gasteiger partial charge in [-0.2, -0.15) is 13.2 Å². The highest BCUT2D eigenvalue weighted by Gasteiger charge is 2.30. The molecule has 118 valence electrons. The highest BCUT2D eigenvalue weighted by molar-refractivity contribution is 5.76. The molecule has 1 rings (SSSR count). The molecule has 3 N–H and O–H groups in total. The highest BCUT2D eigenvalue weighted by Crippen LogP contribution is 2.29. The third-order valence-corrected chi connectivity index (χ3v) is 3.26. The fourth-order valence-corrected chi connectivity index (χ4v) is 1.64. The number of hydrogen-bond acceptors (Lipinski definition) is 2. The summed E-state index contributed by atoms with van der Waals surface area (Å²) in [4.78, 5) is 11.7. The second-order valence-electron chi connectivity index (χ2n) is 6.15. The molecule has 0 aromatic heterocycles. The number of nitrogens with one attached hydrogen (secondary N) is 1. The Bertz CT molecular complexity index is 492.